The van der Waals surface area contributed by atoms with E-state index in [9.17, 15) is 0 Å². The number of nitrogen functional groups attached to an aromatic ring is 1. The highest BCUT2D eigenvalue weighted by atomic mass is 15.4. The fraction of sp³-hybridized carbons (Fsp3) is 0.500. The van der Waals surface area contributed by atoms with Crippen LogP contribution < -0.4 is 11.1 Å². The number of nitrogens with one attached hydrogen (secondary N) is 1. The summed E-state index contributed by atoms with van der Waals surface area (Å²) in [7, 11) is 0. The molecule has 19 heavy (non-hydrogen) atoms. The summed E-state index contributed by atoms with van der Waals surface area (Å²) in [6.45, 7) is 9.83. The fourth-order valence-corrected chi connectivity index (χ4v) is 1.69. The Kier molecular flexibility index (Phi) is 3.13. The average molecular weight is 261 g/mol. The van der Waals surface area contributed by atoms with Gasteiger partial charge in [-0.1, -0.05) is 0 Å². The minimum atomic E-state index is -0.129. The molecular formula is C12H19N7. The topological polar surface area (TPSA) is 94.5 Å². The molecule has 0 aliphatic rings. The Labute approximate surface area is 112 Å². The minimum absolute atomic E-state index is 0.129. The van der Waals surface area contributed by atoms with Gasteiger partial charge in [0.2, 0.25) is 11.9 Å². The van der Waals surface area contributed by atoms with Crippen LogP contribution in [0.3, 0.4) is 0 Å². The summed E-state index contributed by atoms with van der Waals surface area (Å²) in [5.41, 5.74) is 6.62. The molecule has 0 aliphatic heterocycles. The molecule has 0 aliphatic carbocycles. The maximum Gasteiger partial charge on any atom is 0.244 e. The van der Waals surface area contributed by atoms with Crippen LogP contribution in [-0.2, 0) is 0 Å². The molecule has 0 radical (unpaired) electrons. The van der Waals surface area contributed by atoms with Gasteiger partial charge in [0, 0.05) is 17.3 Å². The molecule has 2 heterocycles. The molecule has 102 valence electrons. The second-order valence-electron chi connectivity index (χ2n) is 5.50. The summed E-state index contributed by atoms with van der Waals surface area (Å²) in [6, 6.07) is 1.82. The molecule has 2 rings (SSSR count). The molecule has 0 saturated carbocycles. The Balaban J connectivity index is 2.40. The third-order valence-corrected chi connectivity index (χ3v) is 2.29. The van der Waals surface area contributed by atoms with Gasteiger partial charge < -0.3 is 11.1 Å². The zero-order valence-electron chi connectivity index (χ0n) is 11.9. The maximum absolute atomic E-state index is 5.88. The van der Waals surface area contributed by atoms with E-state index in [1.165, 1.54) is 4.68 Å². The van der Waals surface area contributed by atoms with E-state index in [2.05, 4.69) is 25.4 Å². The van der Waals surface area contributed by atoms with Crippen molar-refractivity contribution < 1.29 is 0 Å². The molecule has 0 aromatic carbocycles. The number of aromatic nitrogens is 5. The largest absolute Gasteiger partial charge is 0.368 e. The predicted octanol–water partition coefficient (Wildman–Crippen LogP) is 1.47. The van der Waals surface area contributed by atoms with Gasteiger partial charge in [-0.15, -0.1) is 5.10 Å². The zero-order valence-corrected chi connectivity index (χ0v) is 11.9. The smallest absolute Gasteiger partial charge is 0.244 e. The lowest BCUT2D eigenvalue weighted by atomic mass is 10.1. The number of rotatable bonds is 2. The van der Waals surface area contributed by atoms with E-state index in [-0.39, 0.29) is 5.54 Å². The van der Waals surface area contributed by atoms with Gasteiger partial charge in [0.05, 0.1) is 0 Å². The van der Waals surface area contributed by atoms with Crippen LogP contribution in [0.1, 0.15) is 32.3 Å². The van der Waals surface area contributed by atoms with E-state index in [4.69, 9.17) is 5.73 Å². The Hall–Kier alpha value is -2.18. The average Bonchev–Trinajstić information content (AvgIpc) is 2.54. The summed E-state index contributed by atoms with van der Waals surface area (Å²) in [4.78, 5) is 12.7. The molecule has 0 unspecified atom stereocenters. The van der Waals surface area contributed by atoms with Gasteiger partial charge in [-0.25, -0.2) is 9.97 Å². The Morgan fingerprint density at radius 2 is 1.84 bits per heavy atom. The van der Waals surface area contributed by atoms with Crippen molar-refractivity contribution in [3.05, 3.63) is 17.6 Å². The zero-order chi connectivity index (χ0) is 14.2. The number of anilines is 2. The standard InChI is InChI=1S/C12H19N7/c1-7-6-9(15-8(2)14-7)19-10(13)16-11(18-19)17-12(3,4)5/h6H,1-5H3,(H3,13,16,17,18). The highest BCUT2D eigenvalue weighted by molar-refractivity contribution is 5.39. The minimum Gasteiger partial charge on any atom is -0.368 e. The predicted molar refractivity (Wildman–Crippen MR) is 74.2 cm³/mol. The lowest BCUT2D eigenvalue weighted by molar-refractivity contribution is 0.625. The van der Waals surface area contributed by atoms with E-state index < -0.39 is 0 Å². The van der Waals surface area contributed by atoms with Crippen LogP contribution in [0.4, 0.5) is 11.9 Å². The van der Waals surface area contributed by atoms with Crippen LogP contribution in [0.15, 0.2) is 6.07 Å². The Morgan fingerprint density at radius 3 is 2.42 bits per heavy atom. The lowest BCUT2D eigenvalue weighted by Crippen LogP contribution is -2.26. The molecular weight excluding hydrogens is 242 g/mol. The molecule has 7 heteroatoms. The quantitative estimate of drug-likeness (QED) is 0.850. The van der Waals surface area contributed by atoms with Crippen LogP contribution in [0.25, 0.3) is 5.82 Å². The van der Waals surface area contributed by atoms with Crippen LogP contribution in [0.5, 0.6) is 0 Å². The number of hydrogen-bond donors (Lipinski definition) is 2. The summed E-state index contributed by atoms with van der Waals surface area (Å²) in [6.07, 6.45) is 0. The summed E-state index contributed by atoms with van der Waals surface area (Å²) >= 11 is 0. The van der Waals surface area contributed by atoms with E-state index in [0.717, 1.165) is 5.69 Å². The van der Waals surface area contributed by atoms with Crippen LogP contribution in [0.2, 0.25) is 0 Å². The first-order valence-electron chi connectivity index (χ1n) is 6.08. The van der Waals surface area contributed by atoms with Gasteiger partial charge in [0.15, 0.2) is 5.82 Å². The fourth-order valence-electron chi connectivity index (χ4n) is 1.69. The van der Waals surface area contributed by atoms with Gasteiger partial charge in [-0.05, 0) is 34.6 Å². The van der Waals surface area contributed by atoms with Crippen molar-refractivity contribution in [2.75, 3.05) is 11.1 Å². The molecule has 2 aromatic rings. The van der Waals surface area contributed by atoms with Gasteiger partial charge >= 0.3 is 0 Å². The van der Waals surface area contributed by atoms with Crippen molar-refractivity contribution in [1.29, 1.82) is 0 Å². The van der Waals surface area contributed by atoms with Crippen molar-refractivity contribution >= 4 is 11.9 Å². The number of nitrogens with zero attached hydrogens (tertiary/aromatic N) is 5. The first-order valence-corrected chi connectivity index (χ1v) is 6.08. The second-order valence-corrected chi connectivity index (χ2v) is 5.50. The van der Waals surface area contributed by atoms with E-state index in [0.29, 0.717) is 23.5 Å². The summed E-state index contributed by atoms with van der Waals surface area (Å²) in [5.74, 6) is 2.08. The molecule has 0 amide bonds. The Bertz CT molecular complexity index is 574. The van der Waals surface area contributed by atoms with E-state index in [1.807, 2.05) is 40.7 Å². The molecule has 0 atom stereocenters. The normalized spacial score (nSPS) is 11.6. The van der Waals surface area contributed by atoms with E-state index >= 15 is 0 Å². The number of nitrogens with two attached hydrogens (primary N) is 1. The highest BCUT2D eigenvalue weighted by Crippen LogP contribution is 2.15. The van der Waals surface area contributed by atoms with Crippen LogP contribution >= 0.6 is 0 Å². The third-order valence-electron chi connectivity index (χ3n) is 2.29. The van der Waals surface area contributed by atoms with Crippen molar-refractivity contribution in [3.8, 4) is 5.82 Å². The van der Waals surface area contributed by atoms with Gasteiger partial charge in [-0.3, -0.25) is 0 Å². The van der Waals surface area contributed by atoms with Gasteiger partial charge in [0.25, 0.3) is 0 Å². The molecule has 2 aromatic heterocycles. The Morgan fingerprint density at radius 1 is 1.16 bits per heavy atom. The third kappa shape index (κ3) is 3.18. The maximum atomic E-state index is 5.88. The molecule has 7 nitrogen and oxygen atoms in total. The van der Waals surface area contributed by atoms with Crippen molar-refractivity contribution in [3.63, 3.8) is 0 Å². The summed E-state index contributed by atoms with van der Waals surface area (Å²) in [5, 5.41) is 7.50. The first-order chi connectivity index (χ1) is 8.74. The highest BCUT2D eigenvalue weighted by Gasteiger charge is 2.16. The molecule has 0 fully saturated rings. The van der Waals surface area contributed by atoms with Crippen molar-refractivity contribution in [1.82, 2.24) is 24.7 Å². The SMILES string of the molecule is Cc1cc(-n2nc(NC(C)(C)C)nc2N)nc(C)n1. The van der Waals surface area contributed by atoms with Crippen LogP contribution in [-0.4, -0.2) is 30.3 Å². The second kappa shape index (κ2) is 4.49. The molecule has 3 N–H and O–H groups in total. The monoisotopic (exact) mass is 261 g/mol. The van der Waals surface area contributed by atoms with Crippen molar-refractivity contribution in [2.45, 2.75) is 40.2 Å². The van der Waals surface area contributed by atoms with Crippen LogP contribution in [0, 0.1) is 13.8 Å². The van der Waals surface area contributed by atoms with Crippen molar-refractivity contribution in [2.24, 2.45) is 0 Å². The lowest BCUT2D eigenvalue weighted by Gasteiger charge is -2.18. The van der Waals surface area contributed by atoms with Gasteiger partial charge in [-0.2, -0.15) is 9.67 Å². The number of aryl methyl sites for hydroxylation is 2. The summed E-state index contributed by atoms with van der Waals surface area (Å²) < 4.78 is 1.51. The molecule has 0 saturated heterocycles. The molecule has 0 spiro atoms. The van der Waals surface area contributed by atoms with Gasteiger partial charge in [0.1, 0.15) is 5.82 Å². The molecule has 0 bridgehead atoms. The van der Waals surface area contributed by atoms with E-state index in [1.54, 1.807) is 0 Å². The first kappa shape index (κ1) is 13.3. The number of hydrogen-bond acceptors (Lipinski definition) is 6.